The number of nitrogens with zero attached hydrogens (tertiary/aromatic N) is 3. The monoisotopic (exact) mass is 789 g/mol. The molecule has 288 valence electrons. The van der Waals surface area contributed by atoms with Crippen LogP contribution >= 0.6 is 0 Å². The first-order valence-electron chi connectivity index (χ1n) is 21.1. The highest BCUT2D eigenvalue weighted by Gasteiger charge is 2.51. The van der Waals surface area contributed by atoms with E-state index < -0.39 is 0 Å². The number of hydrogen-bond donors (Lipinski definition) is 0. The van der Waals surface area contributed by atoms with Crippen LogP contribution in [0, 0.1) is 0 Å². The minimum atomic E-state index is -0.337. The van der Waals surface area contributed by atoms with Crippen molar-refractivity contribution in [3.63, 3.8) is 0 Å². The molecule has 9 aromatic carbocycles. The van der Waals surface area contributed by atoms with E-state index in [9.17, 15) is 0 Å². The van der Waals surface area contributed by atoms with Gasteiger partial charge in [0.2, 0.25) is 0 Å². The molecule has 0 unspecified atom stereocenters. The van der Waals surface area contributed by atoms with Crippen molar-refractivity contribution >= 4 is 21.9 Å². The van der Waals surface area contributed by atoms with Crippen molar-refractivity contribution in [2.24, 2.45) is 0 Å². The maximum absolute atomic E-state index is 6.13. The molecule has 4 nitrogen and oxygen atoms in total. The van der Waals surface area contributed by atoms with Gasteiger partial charge >= 0.3 is 0 Å². The van der Waals surface area contributed by atoms with Crippen LogP contribution in [0.3, 0.4) is 0 Å². The zero-order valence-corrected chi connectivity index (χ0v) is 33.5. The van der Waals surface area contributed by atoms with Crippen LogP contribution in [0.5, 0.6) is 0 Å². The molecular formula is C58H35N3O. The summed E-state index contributed by atoms with van der Waals surface area (Å²) in [6.45, 7) is 0. The van der Waals surface area contributed by atoms with Gasteiger partial charge in [0, 0.05) is 27.5 Å². The summed E-state index contributed by atoms with van der Waals surface area (Å²) in [5, 5.41) is 2.10. The fraction of sp³-hybridized carbons (Fsp3) is 0.0172. The van der Waals surface area contributed by atoms with Gasteiger partial charge in [0.25, 0.3) is 0 Å². The fourth-order valence-electron chi connectivity index (χ4n) is 10.2. The molecule has 2 aliphatic carbocycles. The predicted molar refractivity (Wildman–Crippen MR) is 251 cm³/mol. The zero-order valence-electron chi connectivity index (χ0n) is 33.5. The lowest BCUT2D eigenvalue weighted by atomic mass is 9.70. The Hall–Kier alpha value is -8.21. The van der Waals surface area contributed by atoms with Crippen LogP contribution in [0.1, 0.15) is 22.3 Å². The summed E-state index contributed by atoms with van der Waals surface area (Å²) in [4.78, 5) is 15.2. The largest absolute Gasteiger partial charge is 0.456 e. The Balaban J connectivity index is 0.870. The van der Waals surface area contributed by atoms with E-state index in [-0.39, 0.29) is 5.41 Å². The molecule has 0 bridgehead atoms. The second-order valence-corrected chi connectivity index (χ2v) is 16.3. The summed E-state index contributed by atoms with van der Waals surface area (Å²) in [5.74, 6) is 1.86. The van der Waals surface area contributed by atoms with Gasteiger partial charge in [-0.05, 0) is 103 Å². The van der Waals surface area contributed by atoms with Crippen LogP contribution in [0.25, 0.3) is 101 Å². The van der Waals surface area contributed by atoms with E-state index in [1.807, 2.05) is 60.7 Å². The van der Waals surface area contributed by atoms with Gasteiger partial charge in [-0.25, -0.2) is 15.0 Å². The average molecular weight is 790 g/mol. The normalized spacial score (nSPS) is 13.0. The minimum absolute atomic E-state index is 0.337. The number of hydrogen-bond acceptors (Lipinski definition) is 4. The predicted octanol–water partition coefficient (Wildman–Crippen LogP) is 14.4. The number of fused-ring (bicyclic) bond motifs is 13. The molecule has 0 saturated carbocycles. The third-order valence-electron chi connectivity index (χ3n) is 13.0. The number of rotatable bonds is 5. The second kappa shape index (κ2) is 13.4. The molecule has 11 aromatic rings. The second-order valence-electron chi connectivity index (χ2n) is 16.3. The minimum Gasteiger partial charge on any atom is -0.456 e. The molecule has 1 spiro atoms. The van der Waals surface area contributed by atoms with Crippen LogP contribution in [-0.2, 0) is 5.41 Å². The Labute approximate surface area is 358 Å². The van der Waals surface area contributed by atoms with Gasteiger partial charge in [0.15, 0.2) is 17.5 Å². The third-order valence-corrected chi connectivity index (χ3v) is 13.0. The highest BCUT2D eigenvalue weighted by molar-refractivity contribution is 6.06. The molecular weight excluding hydrogens is 755 g/mol. The molecule has 0 saturated heterocycles. The molecule has 2 heterocycles. The van der Waals surface area contributed by atoms with Gasteiger partial charge in [-0.15, -0.1) is 0 Å². The number of furan rings is 1. The van der Waals surface area contributed by atoms with Crippen LogP contribution in [0.15, 0.2) is 217 Å². The van der Waals surface area contributed by atoms with Crippen molar-refractivity contribution in [2.75, 3.05) is 0 Å². The fourth-order valence-corrected chi connectivity index (χ4v) is 10.2. The number of benzene rings is 9. The summed E-state index contributed by atoms with van der Waals surface area (Å²) < 4.78 is 6.13. The van der Waals surface area contributed by atoms with Gasteiger partial charge in [0.1, 0.15) is 11.2 Å². The van der Waals surface area contributed by atoms with Crippen molar-refractivity contribution < 1.29 is 4.42 Å². The highest BCUT2D eigenvalue weighted by atomic mass is 16.3. The lowest BCUT2D eigenvalue weighted by Crippen LogP contribution is -2.25. The Morgan fingerprint density at radius 2 is 0.726 bits per heavy atom. The van der Waals surface area contributed by atoms with E-state index in [1.165, 1.54) is 55.6 Å². The summed E-state index contributed by atoms with van der Waals surface area (Å²) in [5.41, 5.74) is 19.4. The Morgan fingerprint density at radius 3 is 1.40 bits per heavy atom. The van der Waals surface area contributed by atoms with Crippen molar-refractivity contribution in [1.29, 1.82) is 0 Å². The van der Waals surface area contributed by atoms with E-state index >= 15 is 0 Å². The first-order chi connectivity index (χ1) is 30.7. The Bertz CT molecular complexity index is 3540. The molecule has 0 aliphatic heterocycles. The lowest BCUT2D eigenvalue weighted by molar-refractivity contribution is 0.669. The highest BCUT2D eigenvalue weighted by Crippen LogP contribution is 2.63. The maximum Gasteiger partial charge on any atom is 0.164 e. The average Bonchev–Trinajstić information content (AvgIpc) is 3.98. The van der Waals surface area contributed by atoms with Gasteiger partial charge in [-0.1, -0.05) is 176 Å². The van der Waals surface area contributed by atoms with E-state index in [4.69, 9.17) is 19.4 Å². The molecule has 13 rings (SSSR count). The Morgan fingerprint density at radius 1 is 0.274 bits per heavy atom. The summed E-state index contributed by atoms with van der Waals surface area (Å²) in [6, 6.07) is 75.8. The molecule has 0 amide bonds. The molecule has 2 aromatic heterocycles. The van der Waals surface area contributed by atoms with E-state index in [2.05, 4.69) is 152 Å². The summed E-state index contributed by atoms with van der Waals surface area (Å²) in [6.07, 6.45) is 0. The first-order valence-corrected chi connectivity index (χ1v) is 21.1. The van der Waals surface area contributed by atoms with Gasteiger partial charge in [0.05, 0.1) is 5.41 Å². The van der Waals surface area contributed by atoms with Gasteiger partial charge in [-0.2, -0.15) is 0 Å². The van der Waals surface area contributed by atoms with Gasteiger partial charge in [-0.3, -0.25) is 0 Å². The number of aromatic nitrogens is 3. The molecule has 2 aliphatic rings. The first kappa shape index (κ1) is 34.6. The van der Waals surface area contributed by atoms with E-state index in [1.54, 1.807) is 0 Å². The van der Waals surface area contributed by atoms with Crippen molar-refractivity contribution in [1.82, 2.24) is 15.0 Å². The Kier molecular flexibility index (Phi) is 7.49. The SMILES string of the molecule is c1ccc(-c2nc(-c3cccc(-c4ccc(-c5ccc6c(c5)-c5ccccc5C65c6ccccc6-c6ccccc65)cc4)c3)nc(-c3ccc4oc5ccccc5c4c3)n2)cc1. The lowest BCUT2D eigenvalue weighted by Gasteiger charge is -2.30. The smallest absolute Gasteiger partial charge is 0.164 e. The molecule has 0 fully saturated rings. The van der Waals surface area contributed by atoms with Gasteiger partial charge < -0.3 is 4.42 Å². The van der Waals surface area contributed by atoms with Crippen molar-refractivity contribution in [3.8, 4) is 78.7 Å². The number of para-hydroxylation sites is 1. The van der Waals surface area contributed by atoms with Crippen molar-refractivity contribution in [2.45, 2.75) is 5.41 Å². The standard InChI is InChI=1S/C58H35N3O/c1-2-13-38(14-3-1)55-59-56(61-57(60-55)42-30-32-54-48(35-42)46-20-7-11-24-53(46)62-54)41-16-12-15-39(33-41)36-25-27-37(28-26-36)40-29-31-52-47(34-40)45-19-6-10-23-51(45)58(52)49-21-8-4-17-43(49)44-18-5-9-22-50(44)58/h1-35H. The third kappa shape index (κ3) is 5.10. The molecule has 62 heavy (non-hydrogen) atoms. The topological polar surface area (TPSA) is 51.8 Å². The molecule has 4 heteroatoms. The quantitative estimate of drug-likeness (QED) is 0.174. The van der Waals surface area contributed by atoms with E-state index in [0.29, 0.717) is 17.5 Å². The molecule has 0 atom stereocenters. The van der Waals surface area contributed by atoms with Crippen molar-refractivity contribution in [3.05, 3.63) is 235 Å². The van der Waals surface area contributed by atoms with Crippen LogP contribution in [-0.4, -0.2) is 15.0 Å². The maximum atomic E-state index is 6.13. The summed E-state index contributed by atoms with van der Waals surface area (Å²) in [7, 11) is 0. The molecule has 0 radical (unpaired) electrons. The van der Waals surface area contributed by atoms with Crippen LogP contribution in [0.4, 0.5) is 0 Å². The zero-order chi connectivity index (χ0) is 40.8. The van der Waals surface area contributed by atoms with E-state index in [0.717, 1.165) is 49.8 Å². The molecule has 0 N–H and O–H groups in total. The summed E-state index contributed by atoms with van der Waals surface area (Å²) >= 11 is 0. The van der Waals surface area contributed by atoms with Crippen LogP contribution in [0.2, 0.25) is 0 Å². The van der Waals surface area contributed by atoms with Crippen LogP contribution < -0.4 is 0 Å².